The van der Waals surface area contributed by atoms with Crippen LogP contribution >= 0.6 is 11.6 Å². The molecule has 0 aliphatic rings. The molecule has 0 spiro atoms. The van der Waals surface area contributed by atoms with Gasteiger partial charge in [-0.2, -0.15) is 0 Å². The summed E-state index contributed by atoms with van der Waals surface area (Å²) in [5.41, 5.74) is 3.27. The van der Waals surface area contributed by atoms with Crippen molar-refractivity contribution < 1.29 is 23.7 Å². The number of methoxy groups -OCH3 is 3. The Hall–Kier alpha value is -3.97. The van der Waals surface area contributed by atoms with Crippen molar-refractivity contribution in [3.05, 3.63) is 71.2 Å². The van der Waals surface area contributed by atoms with E-state index in [1.54, 1.807) is 30.3 Å². The summed E-state index contributed by atoms with van der Waals surface area (Å²) in [5, 5.41) is 4.25. The zero-order chi connectivity index (χ0) is 24.9. The van der Waals surface area contributed by atoms with Gasteiger partial charge in [0.15, 0.2) is 11.5 Å². The van der Waals surface area contributed by atoms with Crippen LogP contribution in [0.3, 0.4) is 0 Å². The summed E-state index contributed by atoms with van der Waals surface area (Å²) in [7, 11) is 4.56. The molecular weight excluding hydrogens is 468 g/mol. The molecule has 0 atom stereocenters. The van der Waals surface area contributed by atoms with Crippen LogP contribution in [0.25, 0.3) is 22.2 Å². The number of benzene rings is 3. The van der Waals surface area contributed by atoms with E-state index in [2.05, 4.69) is 5.32 Å². The number of carbonyl (C=O) groups excluding carboxylic acids is 1. The van der Waals surface area contributed by atoms with Crippen LogP contribution in [0.2, 0.25) is 5.02 Å². The fourth-order valence-corrected chi connectivity index (χ4v) is 3.95. The number of anilines is 1. The number of hydrogen-bond acceptors (Lipinski definition) is 6. The standard InChI is InChI=1S/C27H25ClN2O5/c1-5-35-23-15-22(16-7-6-8-18(28)11-16)30-21-10-9-17(12-20(21)23)27(31)29-19-13-24(32-2)26(34-4)25(14-19)33-3/h6-15H,5H2,1-4H3,(H,29,31). The summed E-state index contributed by atoms with van der Waals surface area (Å²) in [6.45, 7) is 2.38. The van der Waals surface area contributed by atoms with Gasteiger partial charge in [-0.3, -0.25) is 4.79 Å². The minimum atomic E-state index is -0.303. The largest absolute Gasteiger partial charge is 0.493 e. The predicted octanol–water partition coefficient (Wildman–Crippen LogP) is 6.23. The van der Waals surface area contributed by atoms with E-state index >= 15 is 0 Å². The Bertz CT molecular complexity index is 1360. The van der Waals surface area contributed by atoms with Gasteiger partial charge < -0.3 is 24.3 Å². The molecule has 0 saturated heterocycles. The molecule has 4 aromatic rings. The molecule has 0 saturated carbocycles. The zero-order valence-corrected chi connectivity index (χ0v) is 20.6. The maximum Gasteiger partial charge on any atom is 0.255 e. The number of rotatable bonds is 8. The molecule has 0 radical (unpaired) electrons. The third-order valence-corrected chi connectivity index (χ3v) is 5.61. The molecule has 180 valence electrons. The van der Waals surface area contributed by atoms with Crippen molar-refractivity contribution in [1.29, 1.82) is 0 Å². The minimum absolute atomic E-state index is 0.303. The van der Waals surface area contributed by atoms with Gasteiger partial charge in [-0.25, -0.2) is 4.98 Å². The molecule has 1 aromatic heterocycles. The summed E-state index contributed by atoms with van der Waals surface area (Å²) in [5.74, 6) is 1.66. The zero-order valence-electron chi connectivity index (χ0n) is 19.8. The summed E-state index contributed by atoms with van der Waals surface area (Å²) in [6, 6.07) is 18.0. The van der Waals surface area contributed by atoms with E-state index in [9.17, 15) is 4.79 Å². The van der Waals surface area contributed by atoms with Gasteiger partial charge in [-0.05, 0) is 37.3 Å². The van der Waals surface area contributed by atoms with Crippen LogP contribution in [0.5, 0.6) is 23.0 Å². The Morgan fingerprint density at radius 2 is 1.66 bits per heavy atom. The van der Waals surface area contributed by atoms with Crippen molar-refractivity contribution in [2.24, 2.45) is 0 Å². The van der Waals surface area contributed by atoms with Gasteiger partial charge in [0.05, 0.1) is 39.1 Å². The van der Waals surface area contributed by atoms with Gasteiger partial charge >= 0.3 is 0 Å². The number of fused-ring (bicyclic) bond motifs is 1. The highest BCUT2D eigenvalue weighted by Crippen LogP contribution is 2.40. The van der Waals surface area contributed by atoms with Crippen molar-refractivity contribution in [2.75, 3.05) is 33.3 Å². The fourth-order valence-electron chi connectivity index (χ4n) is 3.76. The average molecular weight is 493 g/mol. The van der Waals surface area contributed by atoms with Crippen molar-refractivity contribution >= 4 is 34.1 Å². The first-order valence-electron chi connectivity index (χ1n) is 10.9. The van der Waals surface area contributed by atoms with E-state index in [4.69, 9.17) is 35.5 Å². The van der Waals surface area contributed by atoms with Crippen molar-refractivity contribution in [2.45, 2.75) is 6.92 Å². The Labute approximate surface area is 208 Å². The molecule has 0 bridgehead atoms. The molecule has 0 fully saturated rings. The summed E-state index contributed by atoms with van der Waals surface area (Å²) in [4.78, 5) is 17.9. The fraction of sp³-hybridized carbons (Fsp3) is 0.185. The molecule has 35 heavy (non-hydrogen) atoms. The topological polar surface area (TPSA) is 78.9 Å². The highest BCUT2D eigenvalue weighted by atomic mass is 35.5. The third kappa shape index (κ3) is 5.10. The highest BCUT2D eigenvalue weighted by molar-refractivity contribution is 6.30. The van der Waals surface area contributed by atoms with Gasteiger partial charge in [-0.15, -0.1) is 0 Å². The molecule has 3 aromatic carbocycles. The van der Waals surface area contributed by atoms with Gasteiger partial charge in [0.1, 0.15) is 5.75 Å². The number of amides is 1. The van der Waals surface area contributed by atoms with Crippen LogP contribution < -0.4 is 24.3 Å². The van der Waals surface area contributed by atoms with Crippen LogP contribution in [0.15, 0.2) is 60.7 Å². The quantitative estimate of drug-likeness (QED) is 0.314. The lowest BCUT2D eigenvalue weighted by Gasteiger charge is -2.15. The lowest BCUT2D eigenvalue weighted by molar-refractivity contribution is 0.102. The summed E-state index contributed by atoms with van der Waals surface area (Å²) >= 11 is 6.16. The maximum atomic E-state index is 13.1. The maximum absolute atomic E-state index is 13.1. The Morgan fingerprint density at radius 3 is 2.29 bits per heavy atom. The molecule has 0 unspecified atom stereocenters. The number of pyridine rings is 1. The molecule has 0 aliphatic carbocycles. The van der Waals surface area contributed by atoms with E-state index in [1.807, 2.05) is 37.3 Å². The lowest BCUT2D eigenvalue weighted by Crippen LogP contribution is -2.12. The normalized spacial score (nSPS) is 10.7. The molecule has 7 nitrogen and oxygen atoms in total. The number of aromatic nitrogens is 1. The molecule has 1 amide bonds. The molecule has 1 heterocycles. The van der Waals surface area contributed by atoms with Gasteiger partial charge in [0, 0.05) is 45.4 Å². The number of ether oxygens (including phenoxy) is 4. The number of halogens is 1. The van der Waals surface area contributed by atoms with Crippen LogP contribution in [0.1, 0.15) is 17.3 Å². The van der Waals surface area contributed by atoms with Crippen LogP contribution in [-0.2, 0) is 0 Å². The van der Waals surface area contributed by atoms with Crippen LogP contribution in [0, 0.1) is 0 Å². The smallest absolute Gasteiger partial charge is 0.255 e. The van der Waals surface area contributed by atoms with Crippen molar-refractivity contribution in [1.82, 2.24) is 4.98 Å². The number of nitrogens with one attached hydrogen (secondary N) is 1. The van der Waals surface area contributed by atoms with Gasteiger partial charge in [0.2, 0.25) is 5.75 Å². The summed E-state index contributed by atoms with van der Waals surface area (Å²) < 4.78 is 22.0. The monoisotopic (exact) mass is 492 g/mol. The van der Waals surface area contributed by atoms with Gasteiger partial charge in [0.25, 0.3) is 5.91 Å². The number of nitrogens with zero attached hydrogens (tertiary/aromatic N) is 1. The third-order valence-electron chi connectivity index (χ3n) is 5.38. The highest BCUT2D eigenvalue weighted by Gasteiger charge is 2.17. The second-order valence-electron chi connectivity index (χ2n) is 7.55. The first-order chi connectivity index (χ1) is 17.0. The van der Waals surface area contributed by atoms with Crippen molar-refractivity contribution in [3.8, 4) is 34.3 Å². The molecule has 8 heteroatoms. The van der Waals surface area contributed by atoms with Crippen LogP contribution in [0.4, 0.5) is 5.69 Å². The summed E-state index contributed by atoms with van der Waals surface area (Å²) in [6.07, 6.45) is 0. The van der Waals surface area contributed by atoms with E-state index in [0.717, 1.165) is 16.6 Å². The van der Waals surface area contributed by atoms with Crippen molar-refractivity contribution in [3.63, 3.8) is 0 Å². The molecule has 0 aliphatic heterocycles. The molecule has 4 rings (SSSR count). The van der Waals surface area contributed by atoms with E-state index in [0.29, 0.717) is 51.4 Å². The predicted molar refractivity (Wildman–Crippen MR) is 137 cm³/mol. The van der Waals surface area contributed by atoms with E-state index < -0.39 is 0 Å². The second kappa shape index (κ2) is 10.5. The first-order valence-corrected chi connectivity index (χ1v) is 11.3. The van der Waals surface area contributed by atoms with E-state index in [1.165, 1.54) is 21.3 Å². The Morgan fingerprint density at radius 1 is 0.914 bits per heavy atom. The second-order valence-corrected chi connectivity index (χ2v) is 7.99. The number of carbonyl (C=O) groups is 1. The minimum Gasteiger partial charge on any atom is -0.493 e. The average Bonchev–Trinajstić information content (AvgIpc) is 2.87. The Kier molecular flexibility index (Phi) is 7.27. The lowest BCUT2D eigenvalue weighted by atomic mass is 10.1. The molecular formula is C27H25ClN2O5. The first kappa shape index (κ1) is 24.2. The van der Waals surface area contributed by atoms with Gasteiger partial charge in [-0.1, -0.05) is 23.7 Å². The van der Waals surface area contributed by atoms with Crippen LogP contribution in [-0.4, -0.2) is 38.8 Å². The number of hydrogen-bond donors (Lipinski definition) is 1. The van der Waals surface area contributed by atoms with E-state index in [-0.39, 0.29) is 5.91 Å². The molecule has 1 N–H and O–H groups in total. The Balaban J connectivity index is 1.70. The SMILES string of the molecule is CCOc1cc(-c2cccc(Cl)c2)nc2ccc(C(=O)Nc3cc(OC)c(OC)c(OC)c3)cc12.